The molecule has 90 valence electrons. The molecule has 1 aromatic carbocycles. The molecule has 0 saturated heterocycles. The zero-order valence-electron chi connectivity index (χ0n) is 9.35. The van der Waals surface area contributed by atoms with Gasteiger partial charge in [0.15, 0.2) is 0 Å². The Hall–Kier alpha value is -1.84. The van der Waals surface area contributed by atoms with Gasteiger partial charge in [-0.2, -0.15) is 0 Å². The Balaban J connectivity index is 2.54. The van der Waals surface area contributed by atoms with Gasteiger partial charge in [-0.05, 0) is 30.4 Å². The molecule has 2 N–H and O–H groups in total. The van der Waals surface area contributed by atoms with Crippen LogP contribution in [-0.2, 0) is 0 Å². The number of hydrogen-bond acceptors (Lipinski definition) is 2. The van der Waals surface area contributed by atoms with E-state index in [9.17, 15) is 14.7 Å². The van der Waals surface area contributed by atoms with E-state index in [1.807, 2.05) is 0 Å². The largest absolute Gasteiger partial charge is 0.478 e. The minimum Gasteiger partial charge on any atom is -0.478 e. The molecule has 1 aliphatic carbocycles. The molecule has 0 bridgehead atoms. The summed E-state index contributed by atoms with van der Waals surface area (Å²) in [4.78, 5) is 22.3. The van der Waals surface area contributed by atoms with E-state index in [-0.39, 0.29) is 17.0 Å². The van der Waals surface area contributed by atoms with Gasteiger partial charge < -0.3 is 10.2 Å². The Kier molecular flexibility index (Phi) is 3.13. The fraction of sp³-hybridized carbons (Fsp3) is 0.385. The summed E-state index contributed by atoms with van der Waals surface area (Å²) in [6.45, 7) is 0. The van der Waals surface area contributed by atoms with Gasteiger partial charge in [-0.3, -0.25) is 0 Å². The van der Waals surface area contributed by atoms with E-state index in [0.717, 1.165) is 25.7 Å². The molecule has 1 aliphatic rings. The Morgan fingerprint density at radius 3 is 2.24 bits per heavy atom. The van der Waals surface area contributed by atoms with Crippen molar-refractivity contribution in [1.82, 2.24) is 0 Å². The number of hydrogen-bond donors (Lipinski definition) is 2. The monoisotopic (exact) mass is 234 g/mol. The fourth-order valence-corrected chi connectivity index (χ4v) is 2.56. The van der Waals surface area contributed by atoms with E-state index in [2.05, 4.69) is 0 Å². The van der Waals surface area contributed by atoms with Crippen LogP contribution in [0.25, 0.3) is 0 Å². The summed E-state index contributed by atoms with van der Waals surface area (Å²) in [7, 11) is 0. The molecule has 1 saturated carbocycles. The molecule has 0 radical (unpaired) electrons. The summed E-state index contributed by atoms with van der Waals surface area (Å²) in [5, 5.41) is 18.2. The fourth-order valence-electron chi connectivity index (χ4n) is 2.56. The molecule has 1 fully saturated rings. The first-order valence-corrected chi connectivity index (χ1v) is 5.70. The number of rotatable bonds is 3. The standard InChI is InChI=1S/C13H14O4/c14-12(15)10-7-3-6-9(11(10)13(16)17)8-4-1-2-5-8/h3,6-8H,1-2,4-5H2,(H,14,15)(H,16,17). The molecule has 0 heterocycles. The van der Waals surface area contributed by atoms with E-state index in [1.54, 1.807) is 12.1 Å². The second-order valence-corrected chi connectivity index (χ2v) is 4.36. The van der Waals surface area contributed by atoms with Crippen molar-refractivity contribution in [3.8, 4) is 0 Å². The van der Waals surface area contributed by atoms with Gasteiger partial charge in [0.05, 0.1) is 11.1 Å². The Bertz CT molecular complexity index is 458. The molecule has 0 amide bonds. The van der Waals surface area contributed by atoms with Gasteiger partial charge in [-0.1, -0.05) is 25.0 Å². The number of aromatic carboxylic acids is 2. The minimum absolute atomic E-state index is 0.0353. The average molecular weight is 234 g/mol. The predicted octanol–water partition coefficient (Wildman–Crippen LogP) is 2.74. The zero-order chi connectivity index (χ0) is 12.4. The highest BCUT2D eigenvalue weighted by atomic mass is 16.4. The molecule has 1 aromatic rings. The number of benzene rings is 1. The van der Waals surface area contributed by atoms with Crippen LogP contribution in [0.1, 0.15) is 57.9 Å². The van der Waals surface area contributed by atoms with Crippen LogP contribution in [0, 0.1) is 0 Å². The lowest BCUT2D eigenvalue weighted by Crippen LogP contribution is -2.12. The lowest BCUT2D eigenvalue weighted by atomic mass is 9.90. The number of carbonyl (C=O) groups is 2. The summed E-state index contributed by atoms with van der Waals surface area (Å²) < 4.78 is 0. The van der Waals surface area contributed by atoms with Crippen LogP contribution in [0.4, 0.5) is 0 Å². The van der Waals surface area contributed by atoms with Crippen molar-refractivity contribution in [3.05, 3.63) is 34.9 Å². The Morgan fingerprint density at radius 1 is 1.06 bits per heavy atom. The zero-order valence-corrected chi connectivity index (χ0v) is 9.35. The molecule has 4 nitrogen and oxygen atoms in total. The van der Waals surface area contributed by atoms with Gasteiger partial charge >= 0.3 is 11.9 Å². The first-order valence-electron chi connectivity index (χ1n) is 5.70. The topological polar surface area (TPSA) is 74.6 Å². The van der Waals surface area contributed by atoms with E-state index in [1.165, 1.54) is 6.07 Å². The van der Waals surface area contributed by atoms with Crippen LogP contribution in [0.15, 0.2) is 18.2 Å². The van der Waals surface area contributed by atoms with Crippen LogP contribution < -0.4 is 0 Å². The van der Waals surface area contributed by atoms with Crippen molar-refractivity contribution in [3.63, 3.8) is 0 Å². The Labute approximate surface area is 98.9 Å². The smallest absolute Gasteiger partial charge is 0.336 e. The summed E-state index contributed by atoms with van der Waals surface area (Å²) >= 11 is 0. The predicted molar refractivity (Wildman–Crippen MR) is 61.6 cm³/mol. The normalized spacial score (nSPS) is 16.0. The molecule has 17 heavy (non-hydrogen) atoms. The minimum atomic E-state index is -1.18. The molecule has 0 aliphatic heterocycles. The maximum atomic E-state index is 11.2. The summed E-state index contributed by atoms with van der Waals surface area (Å²) in [5.74, 6) is -2.13. The first kappa shape index (κ1) is 11.6. The number of carboxylic acid groups (broad SMARTS) is 2. The maximum Gasteiger partial charge on any atom is 0.336 e. The molecule has 0 unspecified atom stereocenters. The molecule has 4 heteroatoms. The van der Waals surface area contributed by atoms with E-state index < -0.39 is 11.9 Å². The SMILES string of the molecule is O=C(O)c1cccc(C2CCCC2)c1C(=O)O. The molecular weight excluding hydrogens is 220 g/mol. The van der Waals surface area contributed by atoms with E-state index in [0.29, 0.717) is 5.56 Å². The van der Waals surface area contributed by atoms with E-state index in [4.69, 9.17) is 5.11 Å². The van der Waals surface area contributed by atoms with Crippen LogP contribution in [-0.4, -0.2) is 22.2 Å². The van der Waals surface area contributed by atoms with Gasteiger partial charge in [0, 0.05) is 0 Å². The van der Waals surface area contributed by atoms with Crippen molar-refractivity contribution in [1.29, 1.82) is 0 Å². The lowest BCUT2D eigenvalue weighted by molar-refractivity contribution is 0.0650. The highest BCUT2D eigenvalue weighted by Gasteiger charge is 2.26. The summed E-state index contributed by atoms with van der Waals surface area (Å²) in [6.07, 6.45) is 4.06. The van der Waals surface area contributed by atoms with Crippen LogP contribution in [0.5, 0.6) is 0 Å². The summed E-state index contributed by atoms with van der Waals surface area (Å²) in [5.41, 5.74) is 0.531. The van der Waals surface area contributed by atoms with Crippen molar-refractivity contribution >= 4 is 11.9 Å². The third-order valence-electron chi connectivity index (χ3n) is 3.34. The van der Waals surface area contributed by atoms with E-state index >= 15 is 0 Å². The van der Waals surface area contributed by atoms with Crippen LogP contribution in [0.3, 0.4) is 0 Å². The molecule has 0 aromatic heterocycles. The molecule has 2 rings (SSSR count). The van der Waals surface area contributed by atoms with Gasteiger partial charge in [-0.15, -0.1) is 0 Å². The van der Waals surface area contributed by atoms with Crippen molar-refractivity contribution < 1.29 is 19.8 Å². The van der Waals surface area contributed by atoms with Crippen LogP contribution in [0.2, 0.25) is 0 Å². The highest BCUT2D eigenvalue weighted by molar-refractivity contribution is 6.02. The highest BCUT2D eigenvalue weighted by Crippen LogP contribution is 2.36. The number of carboxylic acids is 2. The van der Waals surface area contributed by atoms with Crippen molar-refractivity contribution in [2.45, 2.75) is 31.6 Å². The third-order valence-corrected chi connectivity index (χ3v) is 3.34. The van der Waals surface area contributed by atoms with Gasteiger partial charge in [0.2, 0.25) is 0 Å². The molecule has 0 atom stereocenters. The van der Waals surface area contributed by atoms with Crippen LogP contribution >= 0.6 is 0 Å². The molecular formula is C13H14O4. The van der Waals surface area contributed by atoms with Crippen molar-refractivity contribution in [2.75, 3.05) is 0 Å². The Morgan fingerprint density at radius 2 is 1.71 bits per heavy atom. The quantitative estimate of drug-likeness (QED) is 0.843. The van der Waals surface area contributed by atoms with Crippen molar-refractivity contribution in [2.24, 2.45) is 0 Å². The first-order chi connectivity index (χ1) is 8.11. The summed E-state index contributed by atoms with van der Waals surface area (Å²) in [6, 6.07) is 4.72. The lowest BCUT2D eigenvalue weighted by Gasteiger charge is -2.14. The third kappa shape index (κ3) is 2.16. The van der Waals surface area contributed by atoms with Gasteiger partial charge in [0.25, 0.3) is 0 Å². The second-order valence-electron chi connectivity index (χ2n) is 4.36. The maximum absolute atomic E-state index is 11.2. The molecule has 0 spiro atoms. The van der Waals surface area contributed by atoms with Gasteiger partial charge in [0.1, 0.15) is 0 Å². The average Bonchev–Trinajstić information content (AvgIpc) is 2.81. The second kappa shape index (κ2) is 4.57. The van der Waals surface area contributed by atoms with Gasteiger partial charge in [-0.25, -0.2) is 9.59 Å².